The minimum atomic E-state index is -4.72. The van der Waals surface area contributed by atoms with E-state index in [0.29, 0.717) is 16.9 Å². The molecule has 30 heavy (non-hydrogen) atoms. The van der Waals surface area contributed by atoms with Gasteiger partial charge in [0, 0.05) is 11.9 Å². The first-order valence-corrected chi connectivity index (χ1v) is 10.0. The highest BCUT2D eigenvalue weighted by Gasteiger charge is 2.57. The van der Waals surface area contributed by atoms with Gasteiger partial charge in [0.15, 0.2) is 11.9 Å². The molecule has 6 nitrogen and oxygen atoms in total. The molecule has 0 aliphatic heterocycles. The van der Waals surface area contributed by atoms with Crippen molar-refractivity contribution < 1.29 is 18.3 Å². The lowest BCUT2D eigenvalue weighted by Crippen LogP contribution is -2.20. The molecule has 2 aliphatic rings. The average Bonchev–Trinajstić information content (AvgIpc) is 3.02. The van der Waals surface area contributed by atoms with E-state index in [2.05, 4.69) is 15.4 Å². The molecule has 5 rings (SSSR count). The standard InChI is InChI=1S/C21H21F3N4O2/c22-21(23,24)17(29)12-3-5-13(6-4-12)26-18-16-14(7-10-25-19(16)30)28(27-18)15-11-20(15)8-1-2-9-20/h3-7,10,15,17,29H,1-2,8-9,11H2,(H,25,30)(H,26,27). The molecule has 2 fully saturated rings. The molecule has 2 aliphatic carbocycles. The van der Waals surface area contributed by atoms with E-state index in [1.165, 1.54) is 49.9 Å². The molecule has 158 valence electrons. The molecule has 2 atom stereocenters. The van der Waals surface area contributed by atoms with Crippen molar-refractivity contribution in [3.05, 3.63) is 52.4 Å². The molecule has 2 aromatic heterocycles. The molecule has 2 saturated carbocycles. The van der Waals surface area contributed by atoms with Crippen molar-refractivity contribution in [2.75, 3.05) is 5.32 Å². The number of nitrogens with zero attached hydrogens (tertiary/aromatic N) is 2. The van der Waals surface area contributed by atoms with Crippen LogP contribution in [-0.4, -0.2) is 26.0 Å². The number of pyridine rings is 1. The van der Waals surface area contributed by atoms with Gasteiger partial charge in [0.05, 0.1) is 11.6 Å². The van der Waals surface area contributed by atoms with Crippen LogP contribution in [0.3, 0.4) is 0 Å². The maximum absolute atomic E-state index is 12.7. The van der Waals surface area contributed by atoms with Gasteiger partial charge in [-0.25, -0.2) is 0 Å². The number of aromatic amines is 1. The van der Waals surface area contributed by atoms with Gasteiger partial charge in [-0.05, 0) is 48.4 Å². The van der Waals surface area contributed by atoms with E-state index < -0.39 is 12.3 Å². The van der Waals surface area contributed by atoms with E-state index in [1.807, 2.05) is 10.7 Å². The van der Waals surface area contributed by atoms with Crippen LogP contribution in [0.1, 0.15) is 49.8 Å². The van der Waals surface area contributed by atoms with Crippen molar-refractivity contribution in [1.82, 2.24) is 14.8 Å². The number of H-pyrrole nitrogens is 1. The maximum Gasteiger partial charge on any atom is 0.418 e. The van der Waals surface area contributed by atoms with Crippen LogP contribution < -0.4 is 10.9 Å². The van der Waals surface area contributed by atoms with Gasteiger partial charge in [0.2, 0.25) is 0 Å². The van der Waals surface area contributed by atoms with Gasteiger partial charge in [0.1, 0.15) is 5.39 Å². The molecule has 1 spiro atoms. The van der Waals surface area contributed by atoms with E-state index in [9.17, 15) is 23.1 Å². The van der Waals surface area contributed by atoms with Gasteiger partial charge in [-0.15, -0.1) is 0 Å². The van der Waals surface area contributed by atoms with E-state index in [-0.39, 0.29) is 22.6 Å². The van der Waals surface area contributed by atoms with Gasteiger partial charge < -0.3 is 15.4 Å². The van der Waals surface area contributed by atoms with Crippen molar-refractivity contribution in [1.29, 1.82) is 0 Å². The lowest BCUT2D eigenvalue weighted by Gasteiger charge is -2.15. The summed E-state index contributed by atoms with van der Waals surface area (Å²) in [5.41, 5.74) is 0.996. The van der Waals surface area contributed by atoms with Crippen LogP contribution in [0.5, 0.6) is 0 Å². The summed E-state index contributed by atoms with van der Waals surface area (Å²) in [6.07, 6.45) is 0.185. The maximum atomic E-state index is 12.7. The second kappa shape index (κ2) is 6.60. The molecule has 3 aromatic rings. The van der Waals surface area contributed by atoms with Gasteiger partial charge in [-0.1, -0.05) is 25.0 Å². The summed E-state index contributed by atoms with van der Waals surface area (Å²) < 4.78 is 40.0. The predicted molar refractivity (Wildman–Crippen MR) is 106 cm³/mol. The molecule has 0 radical (unpaired) electrons. The number of aromatic nitrogens is 3. The second-order valence-electron chi connectivity index (χ2n) is 8.34. The Balaban J connectivity index is 1.47. The van der Waals surface area contributed by atoms with Gasteiger partial charge in [0.25, 0.3) is 5.56 Å². The van der Waals surface area contributed by atoms with Crippen LogP contribution in [0, 0.1) is 5.41 Å². The zero-order chi connectivity index (χ0) is 21.1. The highest BCUT2D eigenvalue weighted by molar-refractivity contribution is 5.91. The Morgan fingerprint density at radius 2 is 1.90 bits per heavy atom. The SMILES string of the molecule is O=c1[nH]ccc2c1c(Nc1ccc(C(O)C(F)(F)F)cc1)nn2C1CC12CCCC2. The summed E-state index contributed by atoms with van der Waals surface area (Å²) in [6.45, 7) is 0. The third-order valence-corrected chi connectivity index (χ3v) is 6.47. The molecule has 9 heteroatoms. The lowest BCUT2D eigenvalue weighted by molar-refractivity contribution is -0.206. The van der Waals surface area contributed by atoms with Crippen LogP contribution >= 0.6 is 0 Å². The van der Waals surface area contributed by atoms with E-state index in [1.54, 1.807) is 6.20 Å². The average molecular weight is 418 g/mol. The van der Waals surface area contributed by atoms with E-state index in [0.717, 1.165) is 11.9 Å². The molecule has 2 unspecified atom stereocenters. The van der Waals surface area contributed by atoms with E-state index >= 15 is 0 Å². The van der Waals surface area contributed by atoms with Crippen LogP contribution in [0.2, 0.25) is 0 Å². The first kappa shape index (κ1) is 19.2. The van der Waals surface area contributed by atoms with Crippen molar-refractivity contribution in [2.45, 2.75) is 50.4 Å². The number of hydrogen-bond donors (Lipinski definition) is 3. The third-order valence-electron chi connectivity index (χ3n) is 6.47. The summed E-state index contributed by atoms with van der Waals surface area (Å²) in [7, 11) is 0. The number of benzene rings is 1. The van der Waals surface area contributed by atoms with Crippen molar-refractivity contribution in [3.63, 3.8) is 0 Å². The Morgan fingerprint density at radius 1 is 1.20 bits per heavy atom. The highest BCUT2D eigenvalue weighted by atomic mass is 19.4. The molecule has 1 aromatic carbocycles. The third kappa shape index (κ3) is 3.08. The number of nitrogens with one attached hydrogen (secondary N) is 2. The van der Waals surface area contributed by atoms with Crippen molar-refractivity contribution in [3.8, 4) is 0 Å². The fraction of sp³-hybridized carbons (Fsp3) is 0.429. The molecule has 0 saturated heterocycles. The number of rotatable bonds is 4. The van der Waals surface area contributed by atoms with Crippen LogP contribution in [-0.2, 0) is 0 Å². The Bertz CT molecular complexity index is 1140. The Kier molecular flexibility index (Phi) is 4.22. The van der Waals surface area contributed by atoms with E-state index in [4.69, 9.17) is 0 Å². The largest absolute Gasteiger partial charge is 0.418 e. The summed E-state index contributed by atoms with van der Waals surface area (Å²) in [4.78, 5) is 15.2. The quantitative estimate of drug-likeness (QED) is 0.580. The topological polar surface area (TPSA) is 82.9 Å². The number of aliphatic hydroxyl groups excluding tert-OH is 1. The number of anilines is 2. The Hall–Kier alpha value is -2.81. The van der Waals surface area contributed by atoms with Crippen LogP contribution in [0.25, 0.3) is 10.9 Å². The number of fused-ring (bicyclic) bond motifs is 1. The van der Waals surface area contributed by atoms with Crippen molar-refractivity contribution in [2.24, 2.45) is 5.41 Å². The number of alkyl halides is 3. The first-order chi connectivity index (χ1) is 14.3. The summed E-state index contributed by atoms with van der Waals surface area (Å²) in [5, 5.41) is 17.5. The number of hydrogen-bond acceptors (Lipinski definition) is 4. The zero-order valence-corrected chi connectivity index (χ0v) is 16.0. The molecule has 0 amide bonds. The molecule has 0 bridgehead atoms. The fourth-order valence-electron chi connectivity index (χ4n) is 4.79. The van der Waals surface area contributed by atoms with Crippen LogP contribution in [0.4, 0.5) is 24.7 Å². The second-order valence-corrected chi connectivity index (χ2v) is 8.34. The molecule has 2 heterocycles. The Morgan fingerprint density at radius 3 is 2.57 bits per heavy atom. The lowest BCUT2D eigenvalue weighted by atomic mass is 10.1. The summed E-state index contributed by atoms with van der Waals surface area (Å²) >= 11 is 0. The molecular weight excluding hydrogens is 397 g/mol. The van der Waals surface area contributed by atoms with Crippen LogP contribution in [0.15, 0.2) is 41.3 Å². The normalized spacial score (nSPS) is 21.3. The summed E-state index contributed by atoms with van der Waals surface area (Å²) in [5.74, 6) is 0.371. The van der Waals surface area contributed by atoms with Crippen molar-refractivity contribution >= 4 is 22.4 Å². The molecule has 3 N–H and O–H groups in total. The number of halogens is 3. The fourth-order valence-corrected chi connectivity index (χ4v) is 4.79. The first-order valence-electron chi connectivity index (χ1n) is 10.0. The Labute approximate surface area is 169 Å². The van der Waals surface area contributed by atoms with Gasteiger partial charge in [-0.3, -0.25) is 9.48 Å². The van der Waals surface area contributed by atoms with Gasteiger partial charge in [-0.2, -0.15) is 18.3 Å². The minimum Gasteiger partial charge on any atom is -0.379 e. The predicted octanol–water partition coefficient (Wildman–Crippen LogP) is 4.57. The smallest absolute Gasteiger partial charge is 0.379 e. The number of aliphatic hydroxyl groups is 1. The summed E-state index contributed by atoms with van der Waals surface area (Å²) in [6, 6.07) is 7.38. The zero-order valence-electron chi connectivity index (χ0n) is 16.0. The minimum absolute atomic E-state index is 0.248. The monoisotopic (exact) mass is 418 g/mol. The molecular formula is C21H21F3N4O2. The highest BCUT2D eigenvalue weighted by Crippen LogP contribution is 2.65. The van der Waals surface area contributed by atoms with Gasteiger partial charge >= 0.3 is 6.18 Å².